The predicted molar refractivity (Wildman–Crippen MR) is 73.4 cm³/mol. The molecule has 0 radical (unpaired) electrons. The van der Waals surface area contributed by atoms with Crippen molar-refractivity contribution in [3.8, 4) is 0 Å². The fourth-order valence-corrected chi connectivity index (χ4v) is 2.36. The molecule has 0 amide bonds. The van der Waals surface area contributed by atoms with Gasteiger partial charge in [0.2, 0.25) is 0 Å². The number of nitrogens with one attached hydrogen (secondary N) is 1. The van der Waals surface area contributed by atoms with E-state index < -0.39 is 0 Å². The fraction of sp³-hybridized carbons (Fsp3) is 0.538. The second-order valence-corrected chi connectivity index (χ2v) is 4.90. The van der Waals surface area contributed by atoms with Crippen LogP contribution in [0.25, 0.3) is 0 Å². The lowest BCUT2D eigenvalue weighted by Gasteiger charge is -2.32. The summed E-state index contributed by atoms with van der Waals surface area (Å²) in [6.07, 6.45) is 1.65. The predicted octanol–water partition coefficient (Wildman–Crippen LogP) is 1.18. The molecule has 3 heterocycles. The van der Waals surface area contributed by atoms with E-state index in [0.717, 1.165) is 5.82 Å². The third kappa shape index (κ3) is 2.71. The summed E-state index contributed by atoms with van der Waals surface area (Å²) in [6.45, 7) is 5.22. The molecular formula is C13H17FN6O. The van der Waals surface area contributed by atoms with Gasteiger partial charge in [-0.1, -0.05) is 6.92 Å². The van der Waals surface area contributed by atoms with Crippen LogP contribution in [0.4, 0.5) is 10.2 Å². The molecule has 1 unspecified atom stereocenters. The molecule has 21 heavy (non-hydrogen) atoms. The van der Waals surface area contributed by atoms with E-state index in [4.69, 9.17) is 4.74 Å². The number of rotatable bonds is 3. The van der Waals surface area contributed by atoms with Crippen LogP contribution in [0.15, 0.2) is 6.33 Å². The van der Waals surface area contributed by atoms with Crippen LogP contribution >= 0.6 is 0 Å². The van der Waals surface area contributed by atoms with Gasteiger partial charge in [-0.15, -0.1) is 0 Å². The molecule has 3 rings (SSSR count). The van der Waals surface area contributed by atoms with E-state index in [1.54, 1.807) is 0 Å². The second-order valence-electron chi connectivity index (χ2n) is 4.90. The summed E-state index contributed by atoms with van der Waals surface area (Å²) in [5.41, 5.74) is 0.428. The van der Waals surface area contributed by atoms with Gasteiger partial charge in [0, 0.05) is 6.54 Å². The number of aryl methyl sites for hydroxylation is 2. The zero-order valence-electron chi connectivity index (χ0n) is 12.0. The number of halogens is 1. The summed E-state index contributed by atoms with van der Waals surface area (Å²) in [7, 11) is 0. The summed E-state index contributed by atoms with van der Waals surface area (Å²) in [5.74, 6) is 1.28. The van der Waals surface area contributed by atoms with Gasteiger partial charge in [0.05, 0.1) is 18.8 Å². The highest BCUT2D eigenvalue weighted by Gasteiger charge is 2.28. The maximum absolute atomic E-state index is 14.3. The molecule has 2 aromatic heterocycles. The Balaban J connectivity index is 1.83. The van der Waals surface area contributed by atoms with Crippen molar-refractivity contribution in [1.29, 1.82) is 0 Å². The lowest BCUT2D eigenvalue weighted by atomic mass is 10.2. The minimum atomic E-state index is -0.355. The molecule has 8 heteroatoms. The van der Waals surface area contributed by atoms with Crippen LogP contribution in [0.2, 0.25) is 0 Å². The molecule has 1 aliphatic rings. The van der Waals surface area contributed by atoms with Crippen molar-refractivity contribution >= 4 is 5.82 Å². The number of aromatic amines is 1. The molecule has 1 atom stereocenters. The molecule has 2 aromatic rings. The number of nitrogens with zero attached hydrogens (tertiary/aromatic N) is 5. The molecule has 1 N–H and O–H groups in total. The molecule has 0 spiro atoms. The number of anilines is 1. The van der Waals surface area contributed by atoms with Gasteiger partial charge in [-0.05, 0) is 13.3 Å². The minimum Gasteiger partial charge on any atom is -0.366 e. The first-order valence-corrected chi connectivity index (χ1v) is 6.94. The van der Waals surface area contributed by atoms with Crippen LogP contribution in [0.1, 0.15) is 30.4 Å². The highest BCUT2D eigenvalue weighted by Crippen LogP contribution is 2.25. The standard InChI is InChI=1S/C13H17FN6O/c1-3-9-11(14)13(16-7-15-9)20-4-5-21-10(6-20)12-17-8(2)18-19-12/h7,10H,3-6H2,1-2H3,(H,17,18,19). The van der Waals surface area contributed by atoms with Gasteiger partial charge in [0.1, 0.15) is 18.3 Å². The summed E-state index contributed by atoms with van der Waals surface area (Å²) < 4.78 is 20.0. The lowest BCUT2D eigenvalue weighted by molar-refractivity contribution is 0.0337. The quantitative estimate of drug-likeness (QED) is 0.915. The average Bonchev–Trinajstić information content (AvgIpc) is 2.94. The van der Waals surface area contributed by atoms with Crippen LogP contribution < -0.4 is 4.90 Å². The van der Waals surface area contributed by atoms with Gasteiger partial charge < -0.3 is 9.64 Å². The Morgan fingerprint density at radius 2 is 2.33 bits per heavy atom. The summed E-state index contributed by atoms with van der Waals surface area (Å²) in [6, 6.07) is 0. The Bertz CT molecular complexity index is 631. The van der Waals surface area contributed by atoms with Gasteiger partial charge >= 0.3 is 0 Å². The molecule has 112 valence electrons. The zero-order valence-corrected chi connectivity index (χ0v) is 12.0. The topological polar surface area (TPSA) is 79.8 Å². The summed E-state index contributed by atoms with van der Waals surface area (Å²) in [5, 5.41) is 6.90. The van der Waals surface area contributed by atoms with Crippen LogP contribution in [-0.2, 0) is 11.2 Å². The van der Waals surface area contributed by atoms with Crippen LogP contribution in [0, 0.1) is 12.7 Å². The molecule has 1 saturated heterocycles. The second kappa shape index (κ2) is 5.72. The number of H-pyrrole nitrogens is 1. The van der Waals surface area contributed by atoms with E-state index >= 15 is 0 Å². The zero-order chi connectivity index (χ0) is 14.8. The van der Waals surface area contributed by atoms with Crippen molar-refractivity contribution in [2.45, 2.75) is 26.4 Å². The Morgan fingerprint density at radius 3 is 3.05 bits per heavy atom. The van der Waals surface area contributed by atoms with Gasteiger partial charge in [0.25, 0.3) is 0 Å². The third-order valence-electron chi connectivity index (χ3n) is 3.45. The van der Waals surface area contributed by atoms with Gasteiger partial charge in [0.15, 0.2) is 17.5 Å². The van der Waals surface area contributed by atoms with Crippen molar-refractivity contribution in [3.05, 3.63) is 29.5 Å². The van der Waals surface area contributed by atoms with E-state index in [2.05, 4.69) is 25.1 Å². The largest absolute Gasteiger partial charge is 0.366 e. The number of aromatic nitrogens is 5. The smallest absolute Gasteiger partial charge is 0.187 e. The first-order chi connectivity index (χ1) is 10.2. The van der Waals surface area contributed by atoms with Crippen LogP contribution in [-0.4, -0.2) is 44.8 Å². The van der Waals surface area contributed by atoms with Crippen LogP contribution in [0.3, 0.4) is 0 Å². The average molecular weight is 292 g/mol. The van der Waals surface area contributed by atoms with Gasteiger partial charge in [-0.2, -0.15) is 5.10 Å². The molecule has 7 nitrogen and oxygen atoms in total. The molecule has 1 fully saturated rings. The third-order valence-corrected chi connectivity index (χ3v) is 3.45. The van der Waals surface area contributed by atoms with Crippen molar-refractivity contribution in [2.24, 2.45) is 0 Å². The lowest BCUT2D eigenvalue weighted by Crippen LogP contribution is -2.40. The van der Waals surface area contributed by atoms with E-state index in [1.807, 2.05) is 18.7 Å². The maximum Gasteiger partial charge on any atom is 0.187 e. The van der Waals surface area contributed by atoms with Crippen molar-refractivity contribution < 1.29 is 9.13 Å². The summed E-state index contributed by atoms with van der Waals surface area (Å²) >= 11 is 0. The normalized spacial score (nSPS) is 19.0. The van der Waals surface area contributed by atoms with E-state index in [1.165, 1.54) is 6.33 Å². The molecule has 0 bridgehead atoms. The number of hydrogen-bond donors (Lipinski definition) is 1. The van der Waals surface area contributed by atoms with Crippen molar-refractivity contribution in [3.63, 3.8) is 0 Å². The van der Waals surface area contributed by atoms with Gasteiger partial charge in [-0.25, -0.2) is 19.3 Å². The minimum absolute atomic E-state index is 0.289. The van der Waals surface area contributed by atoms with E-state index in [0.29, 0.717) is 43.5 Å². The monoisotopic (exact) mass is 292 g/mol. The SMILES string of the molecule is CCc1ncnc(N2CCOC(c3n[nH]c(C)n3)C2)c1F. The fourth-order valence-electron chi connectivity index (χ4n) is 2.36. The number of hydrogen-bond acceptors (Lipinski definition) is 6. The van der Waals surface area contributed by atoms with E-state index in [9.17, 15) is 4.39 Å². The van der Waals surface area contributed by atoms with Gasteiger partial charge in [-0.3, -0.25) is 5.10 Å². The number of ether oxygens (including phenoxy) is 1. The highest BCUT2D eigenvalue weighted by molar-refractivity contribution is 5.41. The van der Waals surface area contributed by atoms with E-state index in [-0.39, 0.29) is 11.9 Å². The molecule has 0 aliphatic carbocycles. The highest BCUT2D eigenvalue weighted by atomic mass is 19.1. The van der Waals surface area contributed by atoms with Crippen LogP contribution in [0.5, 0.6) is 0 Å². The Hall–Kier alpha value is -2.09. The first kappa shape index (κ1) is 13.9. The van der Waals surface area contributed by atoms with Crippen molar-refractivity contribution in [2.75, 3.05) is 24.6 Å². The molecule has 0 aromatic carbocycles. The Labute approximate surface area is 121 Å². The maximum atomic E-state index is 14.3. The first-order valence-electron chi connectivity index (χ1n) is 6.94. The number of morpholine rings is 1. The Morgan fingerprint density at radius 1 is 1.48 bits per heavy atom. The summed E-state index contributed by atoms with van der Waals surface area (Å²) in [4.78, 5) is 14.2. The molecular weight excluding hydrogens is 275 g/mol. The molecule has 1 aliphatic heterocycles. The Kier molecular flexibility index (Phi) is 3.78. The molecule has 0 saturated carbocycles. The van der Waals surface area contributed by atoms with Crippen molar-refractivity contribution in [1.82, 2.24) is 25.1 Å².